The maximum atomic E-state index is 13.7. The van der Waals surface area contributed by atoms with Crippen molar-refractivity contribution in [3.63, 3.8) is 0 Å². The molecule has 1 saturated carbocycles. The Morgan fingerprint density at radius 3 is 2.63 bits per heavy atom. The number of aryl methyl sites for hydroxylation is 1. The normalized spacial score (nSPS) is 21.5. The number of rotatable bonds is 8. The van der Waals surface area contributed by atoms with Crippen molar-refractivity contribution in [2.75, 3.05) is 18.5 Å². The summed E-state index contributed by atoms with van der Waals surface area (Å²) in [6.07, 6.45) is 4.92. The van der Waals surface area contributed by atoms with Crippen LogP contribution in [0.1, 0.15) is 56.2 Å². The van der Waals surface area contributed by atoms with Gasteiger partial charge in [0.25, 0.3) is 0 Å². The highest BCUT2D eigenvalue weighted by Crippen LogP contribution is 2.41. The first kappa shape index (κ1) is 26.6. The van der Waals surface area contributed by atoms with Gasteiger partial charge in [0.15, 0.2) is 5.82 Å². The van der Waals surface area contributed by atoms with Crippen molar-refractivity contribution >= 4 is 38.7 Å². The summed E-state index contributed by atoms with van der Waals surface area (Å²) in [5, 5.41) is 14.0. The number of nitrogens with zero attached hydrogens (tertiary/aromatic N) is 2. The van der Waals surface area contributed by atoms with E-state index in [-0.39, 0.29) is 23.5 Å². The van der Waals surface area contributed by atoms with Crippen LogP contribution in [0.15, 0.2) is 35.4 Å². The number of amides is 1. The molecule has 1 atom stereocenters. The molecular weight excluding hydrogens is 524 g/mol. The third-order valence-corrected chi connectivity index (χ3v) is 10.3. The highest BCUT2D eigenvalue weighted by molar-refractivity contribution is 7.93. The monoisotopic (exact) mass is 558 g/mol. The van der Waals surface area contributed by atoms with E-state index in [0.717, 1.165) is 52.5 Å². The first-order valence-corrected chi connectivity index (χ1v) is 15.3. The Morgan fingerprint density at radius 1 is 1.24 bits per heavy atom. The van der Waals surface area contributed by atoms with Gasteiger partial charge in [0.05, 0.1) is 49.1 Å². The van der Waals surface area contributed by atoms with E-state index in [1.165, 1.54) is 0 Å². The number of aromatic nitrogens is 3. The zero-order chi connectivity index (χ0) is 26.9. The summed E-state index contributed by atoms with van der Waals surface area (Å²) in [6.45, 7) is 6.25. The summed E-state index contributed by atoms with van der Waals surface area (Å²) in [7, 11) is -3.10. The van der Waals surface area contributed by atoms with Gasteiger partial charge in [0.2, 0.25) is 0 Å². The molecule has 2 aromatic heterocycles. The van der Waals surface area contributed by atoms with E-state index in [1.54, 1.807) is 17.4 Å². The van der Waals surface area contributed by atoms with Gasteiger partial charge in [-0.05, 0) is 58.6 Å². The number of H-pyrrole nitrogens is 1. The summed E-state index contributed by atoms with van der Waals surface area (Å²) in [5.41, 5.74) is 2.43. The lowest BCUT2D eigenvalue weighted by molar-refractivity contribution is 0.0427. The number of ether oxygens (including phenoxy) is 2. The average molecular weight is 559 g/mol. The van der Waals surface area contributed by atoms with Gasteiger partial charge in [-0.3, -0.25) is 5.10 Å². The van der Waals surface area contributed by atoms with Crippen LogP contribution in [0.5, 0.6) is 0 Å². The van der Waals surface area contributed by atoms with E-state index in [4.69, 9.17) is 19.2 Å². The van der Waals surface area contributed by atoms with Gasteiger partial charge in [-0.15, -0.1) is 11.3 Å². The maximum absolute atomic E-state index is 13.7. The van der Waals surface area contributed by atoms with Gasteiger partial charge in [0.1, 0.15) is 0 Å². The van der Waals surface area contributed by atoms with Crippen LogP contribution in [0.25, 0.3) is 10.4 Å². The molecule has 4 N–H and O–H groups in total. The summed E-state index contributed by atoms with van der Waals surface area (Å²) in [5.74, 6) is 0.966. The fourth-order valence-corrected chi connectivity index (χ4v) is 7.70. The number of carbonyl (C=O) groups is 1. The van der Waals surface area contributed by atoms with E-state index >= 15 is 0 Å². The van der Waals surface area contributed by atoms with Crippen molar-refractivity contribution in [1.82, 2.24) is 20.5 Å². The lowest BCUT2D eigenvalue weighted by Crippen LogP contribution is -2.40. The Kier molecular flexibility index (Phi) is 7.73. The third-order valence-electron chi connectivity index (χ3n) is 6.89. The van der Waals surface area contributed by atoms with E-state index in [2.05, 4.69) is 20.8 Å². The molecule has 1 saturated heterocycles. The Bertz CT molecular complexity index is 1390. The molecule has 2 fully saturated rings. The summed E-state index contributed by atoms with van der Waals surface area (Å²) in [6, 6.07) is 7.64. The van der Waals surface area contributed by atoms with Crippen LogP contribution < -0.4 is 10.6 Å². The molecule has 0 radical (unpaired) electrons. The molecule has 1 amide bonds. The van der Waals surface area contributed by atoms with Gasteiger partial charge in [-0.1, -0.05) is 6.07 Å². The topological polar surface area (TPSA) is 142 Å². The van der Waals surface area contributed by atoms with Crippen LogP contribution in [0.3, 0.4) is 0 Å². The van der Waals surface area contributed by atoms with E-state index in [1.807, 2.05) is 45.2 Å². The van der Waals surface area contributed by atoms with E-state index < -0.39 is 9.73 Å². The average Bonchev–Trinajstić information content (AvgIpc) is 3.47. The van der Waals surface area contributed by atoms with E-state index in [0.29, 0.717) is 29.8 Å². The number of benzene rings is 1. The zero-order valence-corrected chi connectivity index (χ0v) is 23.4. The molecule has 38 heavy (non-hydrogen) atoms. The molecule has 12 heteroatoms. The lowest BCUT2D eigenvalue weighted by Gasteiger charge is -2.29. The minimum atomic E-state index is -3.10. The first-order valence-electron chi connectivity index (χ1n) is 12.9. The molecule has 10 nitrogen and oxygen atoms in total. The smallest absolute Gasteiger partial charge is 0.407 e. The number of nitrogens with one attached hydrogen (secondary N) is 4. The van der Waals surface area contributed by atoms with Crippen LogP contribution in [-0.2, 0) is 19.2 Å². The molecule has 1 aromatic carbocycles. The van der Waals surface area contributed by atoms with Gasteiger partial charge < -0.3 is 20.1 Å². The first-order chi connectivity index (χ1) is 18.2. The van der Waals surface area contributed by atoms with Crippen LogP contribution in [0.2, 0.25) is 0 Å². The summed E-state index contributed by atoms with van der Waals surface area (Å²) in [4.78, 5) is 18.1. The van der Waals surface area contributed by atoms with Crippen molar-refractivity contribution in [3.05, 3.63) is 41.2 Å². The maximum Gasteiger partial charge on any atom is 0.407 e. The van der Waals surface area contributed by atoms with Crippen molar-refractivity contribution in [3.8, 4) is 10.4 Å². The molecule has 1 aliphatic carbocycles. The Hall–Kier alpha value is -2.96. The molecule has 1 aliphatic heterocycles. The van der Waals surface area contributed by atoms with Crippen molar-refractivity contribution in [2.24, 2.45) is 0 Å². The minimum absolute atomic E-state index is 0.111. The molecule has 3 heterocycles. The van der Waals surface area contributed by atoms with E-state index in [9.17, 15) is 9.00 Å². The second-order valence-corrected chi connectivity index (χ2v) is 13.6. The molecule has 0 bridgehead atoms. The quantitative estimate of drug-likeness (QED) is 0.284. The Balaban J connectivity index is 1.34. The second-order valence-electron chi connectivity index (χ2n) is 10.2. The van der Waals surface area contributed by atoms with Gasteiger partial charge >= 0.3 is 6.09 Å². The molecule has 3 aromatic rings. The second kappa shape index (κ2) is 11.0. The number of carbonyl (C=O) groups excluding carboxylic acids is 1. The number of hydrogen-bond donors (Lipinski definition) is 4. The number of anilines is 2. The number of thiazole rings is 1. The molecule has 204 valence electrons. The molecule has 2 aliphatic rings. The van der Waals surface area contributed by atoms with Gasteiger partial charge in [-0.25, -0.2) is 18.8 Å². The molecule has 1 unspecified atom stereocenters. The summed E-state index contributed by atoms with van der Waals surface area (Å²) < 4.78 is 33.1. The molecule has 5 rings (SSSR count). The van der Waals surface area contributed by atoms with Crippen LogP contribution in [0, 0.1) is 11.7 Å². The third kappa shape index (κ3) is 5.87. The minimum Gasteiger partial charge on any atom is -0.447 e. The fraction of sp³-hybridized carbons (Fsp3) is 0.500. The van der Waals surface area contributed by atoms with Crippen LogP contribution in [-0.4, -0.2) is 56.1 Å². The largest absolute Gasteiger partial charge is 0.447 e. The lowest BCUT2D eigenvalue weighted by atomic mass is 9.86. The standard InChI is InChI=1S/C26H34N6O4S2/c1-15(2)36-26(33)30-18-6-4-17(5-7-18)25-28-12-22(37-25)21-9-8-19(29-24-10-16(3)31-32-24)11-23(21)38(27,34)20-13-35-14-20/h8-12,15,17-18,20,27H,4-7,13-14H2,1-3H3,(H,30,33)(H2,29,31,32)/t17-,18-,38?. The number of aromatic amines is 1. The Labute approximate surface area is 226 Å². The zero-order valence-electron chi connectivity index (χ0n) is 21.8. The predicted octanol–water partition coefficient (Wildman–Crippen LogP) is 5.55. The van der Waals surface area contributed by atoms with Crippen LogP contribution in [0.4, 0.5) is 16.3 Å². The molecule has 0 spiro atoms. The van der Waals surface area contributed by atoms with Crippen molar-refractivity contribution in [1.29, 1.82) is 4.78 Å². The highest BCUT2D eigenvalue weighted by atomic mass is 32.2. The van der Waals surface area contributed by atoms with Crippen molar-refractivity contribution in [2.45, 2.75) is 74.7 Å². The number of alkyl carbamates (subject to hydrolysis) is 1. The Morgan fingerprint density at radius 2 is 2.00 bits per heavy atom. The van der Waals surface area contributed by atoms with Crippen LogP contribution >= 0.6 is 11.3 Å². The highest BCUT2D eigenvalue weighted by Gasteiger charge is 2.33. The predicted molar refractivity (Wildman–Crippen MR) is 148 cm³/mol. The fourth-order valence-electron chi connectivity index (χ4n) is 4.77. The van der Waals surface area contributed by atoms with Crippen molar-refractivity contribution < 1.29 is 18.5 Å². The number of hydrogen-bond acceptors (Lipinski definition) is 9. The SMILES string of the molecule is Cc1cc(Nc2ccc(-c3cnc([C@H]4CC[C@H](NC(=O)OC(C)C)CC4)s3)c(S(=N)(=O)C3COC3)c2)n[nH]1. The van der Waals surface area contributed by atoms with Gasteiger partial charge in [-0.2, -0.15) is 5.10 Å². The summed E-state index contributed by atoms with van der Waals surface area (Å²) >= 11 is 1.60. The van der Waals surface area contributed by atoms with Gasteiger partial charge in [0, 0.05) is 41.2 Å². The molecular formula is C26H34N6O4S2.